The van der Waals surface area contributed by atoms with Gasteiger partial charge >= 0.3 is 0 Å². The topological polar surface area (TPSA) is 129 Å². The number of carbonyl (C=O) groups is 1. The number of amides is 1. The molecule has 1 aliphatic heterocycles. The minimum Gasteiger partial charge on any atom is -0.325 e. The molecular weight excluding hydrogens is 431 g/mol. The second kappa shape index (κ2) is 7.82. The monoisotopic (exact) mass is 454 g/mol. The molecule has 4 aromatic rings. The molecule has 1 saturated carbocycles. The molecule has 12 heteroatoms. The van der Waals surface area contributed by atoms with Gasteiger partial charge in [-0.05, 0) is 44.7 Å². The molecule has 1 aliphatic carbocycles. The molecule has 0 unspecified atom stereocenters. The van der Waals surface area contributed by atoms with E-state index in [2.05, 4.69) is 30.8 Å². The Morgan fingerprint density at radius 2 is 2.15 bits per heavy atom. The summed E-state index contributed by atoms with van der Waals surface area (Å²) in [5.74, 6) is 2.52. The average Bonchev–Trinajstić information content (AvgIpc) is 3.20. The van der Waals surface area contributed by atoms with Crippen molar-refractivity contribution in [2.24, 2.45) is 0 Å². The van der Waals surface area contributed by atoms with Crippen LogP contribution in [0.2, 0.25) is 0 Å². The summed E-state index contributed by atoms with van der Waals surface area (Å²) in [4.78, 5) is 28.2. The Balaban J connectivity index is 1.31. The van der Waals surface area contributed by atoms with E-state index in [-0.39, 0.29) is 5.91 Å². The van der Waals surface area contributed by atoms with Crippen molar-refractivity contribution in [2.75, 3.05) is 22.1 Å². The summed E-state index contributed by atoms with van der Waals surface area (Å²) < 4.78 is 1.77. The highest BCUT2D eigenvalue weighted by molar-refractivity contribution is 6.30. The van der Waals surface area contributed by atoms with E-state index >= 15 is 0 Å². The zero-order valence-corrected chi connectivity index (χ0v) is 18.7. The number of anilines is 4. The van der Waals surface area contributed by atoms with Gasteiger partial charge in [-0.2, -0.15) is 10.1 Å². The third-order valence-electron chi connectivity index (χ3n) is 6.53. The number of carbonyl (C=O) groups excluding carboxylic acids is 1. The highest BCUT2D eigenvalue weighted by atomic mass is 16.2. The van der Waals surface area contributed by atoms with E-state index in [1.54, 1.807) is 4.52 Å². The molecule has 2 fully saturated rings. The van der Waals surface area contributed by atoms with Crippen LogP contribution in [-0.2, 0) is 4.79 Å². The molecule has 0 aromatic carbocycles. The van der Waals surface area contributed by atoms with Gasteiger partial charge in [0.05, 0.1) is 6.20 Å². The maximum atomic E-state index is 13.3. The standard InChI is InChI=1S/C22H23BN10O/c1-22(20(34)27-18-12-24-16(23)11-25-18)7-3-8-32(22)21-28-19(15-4-2-9-33(15)31-21)26-17-10-14(29-30-17)13-5-6-13/h2,4,9-13H,3,5-8H2,1H3,(H,25,27,34)(H2,26,28,29,30,31)/t22-/m0/s1. The maximum absolute atomic E-state index is 13.3. The molecule has 11 nitrogen and oxygen atoms in total. The fourth-order valence-corrected chi connectivity index (χ4v) is 4.43. The number of rotatable bonds is 6. The van der Waals surface area contributed by atoms with Gasteiger partial charge in [-0.25, -0.2) is 9.50 Å². The maximum Gasteiger partial charge on any atom is 0.251 e. The third kappa shape index (κ3) is 3.64. The van der Waals surface area contributed by atoms with Crippen LogP contribution in [0.3, 0.4) is 0 Å². The molecule has 5 heterocycles. The van der Waals surface area contributed by atoms with Crippen molar-refractivity contribution >= 4 is 48.3 Å². The van der Waals surface area contributed by atoms with Crippen molar-refractivity contribution in [1.82, 2.24) is 34.8 Å². The SMILES string of the molecule is [B]c1cnc(NC(=O)[C@]2(C)CCCN2c2nc(Nc3cc(C4CC4)[nH]n3)c3cccn3n2)cn1. The summed E-state index contributed by atoms with van der Waals surface area (Å²) in [6.07, 6.45) is 8.59. The Labute approximate surface area is 196 Å². The Morgan fingerprint density at radius 3 is 2.94 bits per heavy atom. The van der Waals surface area contributed by atoms with E-state index in [0.29, 0.717) is 47.9 Å². The quantitative estimate of drug-likeness (QED) is 0.375. The first-order chi connectivity index (χ1) is 16.5. The third-order valence-corrected chi connectivity index (χ3v) is 6.53. The van der Waals surface area contributed by atoms with E-state index in [4.69, 9.17) is 17.9 Å². The van der Waals surface area contributed by atoms with Gasteiger partial charge in [-0.3, -0.25) is 14.9 Å². The fourth-order valence-electron chi connectivity index (χ4n) is 4.43. The predicted octanol–water partition coefficient (Wildman–Crippen LogP) is 1.65. The van der Waals surface area contributed by atoms with Crippen LogP contribution in [0.15, 0.2) is 36.8 Å². The molecule has 2 radical (unpaired) electrons. The second-order valence-corrected chi connectivity index (χ2v) is 9.02. The van der Waals surface area contributed by atoms with Crippen molar-refractivity contribution in [2.45, 2.75) is 44.1 Å². The van der Waals surface area contributed by atoms with Gasteiger partial charge in [0.2, 0.25) is 5.95 Å². The lowest BCUT2D eigenvalue weighted by molar-refractivity contribution is -0.120. The van der Waals surface area contributed by atoms with Gasteiger partial charge in [0, 0.05) is 42.2 Å². The molecule has 1 saturated heterocycles. The van der Waals surface area contributed by atoms with Crippen molar-refractivity contribution < 1.29 is 4.79 Å². The summed E-state index contributed by atoms with van der Waals surface area (Å²) in [5.41, 5.74) is 1.40. The minimum absolute atomic E-state index is 0.198. The number of fused-ring (bicyclic) bond motifs is 1. The van der Waals surface area contributed by atoms with Crippen LogP contribution in [0, 0.1) is 0 Å². The number of nitrogens with zero attached hydrogens (tertiary/aromatic N) is 7. The summed E-state index contributed by atoms with van der Waals surface area (Å²) in [7, 11) is 5.60. The van der Waals surface area contributed by atoms with E-state index in [1.165, 1.54) is 25.2 Å². The molecule has 170 valence electrons. The van der Waals surface area contributed by atoms with Crippen molar-refractivity contribution in [3.05, 3.63) is 42.5 Å². The first kappa shape index (κ1) is 20.6. The van der Waals surface area contributed by atoms with Crippen molar-refractivity contribution in [3.8, 4) is 0 Å². The van der Waals surface area contributed by atoms with Crippen molar-refractivity contribution in [1.29, 1.82) is 0 Å². The van der Waals surface area contributed by atoms with E-state index < -0.39 is 5.54 Å². The fraction of sp³-hybridized carbons (Fsp3) is 0.364. The van der Waals surface area contributed by atoms with Crippen LogP contribution in [0.5, 0.6) is 0 Å². The first-order valence-electron chi connectivity index (χ1n) is 11.3. The Morgan fingerprint density at radius 1 is 1.26 bits per heavy atom. The summed E-state index contributed by atoms with van der Waals surface area (Å²) in [6.45, 7) is 2.55. The minimum atomic E-state index is -0.855. The number of nitrogens with one attached hydrogen (secondary N) is 3. The summed E-state index contributed by atoms with van der Waals surface area (Å²) >= 11 is 0. The molecule has 3 N–H and O–H groups in total. The number of aromatic amines is 1. The lowest BCUT2D eigenvalue weighted by atomic mass is 9.98. The van der Waals surface area contributed by atoms with E-state index in [0.717, 1.165) is 17.6 Å². The highest BCUT2D eigenvalue weighted by Crippen LogP contribution is 2.40. The zero-order valence-electron chi connectivity index (χ0n) is 18.7. The molecule has 2 aliphatic rings. The largest absolute Gasteiger partial charge is 0.325 e. The highest BCUT2D eigenvalue weighted by Gasteiger charge is 2.45. The molecule has 4 aromatic heterocycles. The van der Waals surface area contributed by atoms with Gasteiger partial charge in [-0.15, -0.1) is 5.10 Å². The molecule has 6 rings (SSSR count). The Hall–Kier alpha value is -3.96. The molecule has 1 atom stereocenters. The van der Waals surface area contributed by atoms with Gasteiger partial charge in [-0.1, -0.05) is 0 Å². The Bertz CT molecular complexity index is 1360. The lowest BCUT2D eigenvalue weighted by Crippen LogP contribution is -2.52. The van der Waals surface area contributed by atoms with Gasteiger partial charge < -0.3 is 15.5 Å². The normalized spacial score (nSPS) is 20.1. The van der Waals surface area contributed by atoms with E-state index in [1.807, 2.05) is 36.2 Å². The van der Waals surface area contributed by atoms with Crippen LogP contribution in [0.25, 0.3) is 5.52 Å². The van der Waals surface area contributed by atoms with Crippen LogP contribution >= 0.6 is 0 Å². The number of hydrogen-bond acceptors (Lipinski definition) is 8. The second-order valence-electron chi connectivity index (χ2n) is 9.02. The lowest BCUT2D eigenvalue weighted by Gasteiger charge is -2.33. The number of aromatic nitrogens is 7. The predicted molar refractivity (Wildman–Crippen MR) is 128 cm³/mol. The number of hydrogen-bond donors (Lipinski definition) is 3. The Kier molecular flexibility index (Phi) is 4.75. The van der Waals surface area contributed by atoms with Gasteiger partial charge in [0.1, 0.15) is 18.9 Å². The van der Waals surface area contributed by atoms with Crippen LogP contribution in [0.1, 0.15) is 44.2 Å². The summed E-state index contributed by atoms with van der Waals surface area (Å²) in [6, 6.07) is 5.88. The van der Waals surface area contributed by atoms with E-state index in [9.17, 15) is 4.79 Å². The smallest absolute Gasteiger partial charge is 0.251 e. The first-order valence-corrected chi connectivity index (χ1v) is 11.3. The van der Waals surface area contributed by atoms with Crippen LogP contribution < -0.4 is 21.1 Å². The molecule has 0 spiro atoms. The van der Waals surface area contributed by atoms with Crippen LogP contribution in [-0.4, -0.2) is 60.6 Å². The molecule has 0 bridgehead atoms. The summed E-state index contributed by atoms with van der Waals surface area (Å²) in [5, 5.41) is 18.4. The molecular formula is C22H23BN10O. The van der Waals surface area contributed by atoms with Crippen LogP contribution in [0.4, 0.5) is 23.4 Å². The van der Waals surface area contributed by atoms with Gasteiger partial charge in [0.25, 0.3) is 5.91 Å². The van der Waals surface area contributed by atoms with Gasteiger partial charge in [0.15, 0.2) is 17.5 Å². The molecule has 34 heavy (non-hydrogen) atoms. The van der Waals surface area contributed by atoms with Crippen molar-refractivity contribution in [3.63, 3.8) is 0 Å². The number of H-pyrrole nitrogens is 1. The average molecular weight is 454 g/mol. The zero-order chi connectivity index (χ0) is 23.3. The molecule has 1 amide bonds.